The van der Waals surface area contributed by atoms with Crippen molar-refractivity contribution < 1.29 is 23.6 Å². The molecule has 3 rings (SSSR count). The van der Waals surface area contributed by atoms with Crippen molar-refractivity contribution in [3.8, 4) is 5.75 Å². The van der Waals surface area contributed by atoms with Crippen molar-refractivity contribution >= 4 is 47.6 Å². The van der Waals surface area contributed by atoms with Gasteiger partial charge in [-0.2, -0.15) is 0 Å². The SMILES string of the molecule is ONC(=Nc1ccc(F)c(Br)c1)c1nonc1SCCCP(O)Oc1ccccc1. The van der Waals surface area contributed by atoms with Gasteiger partial charge in [0, 0.05) is 11.9 Å². The highest BCUT2D eigenvalue weighted by Gasteiger charge is 2.18. The summed E-state index contributed by atoms with van der Waals surface area (Å²) in [5.41, 5.74) is 2.58. The molecule has 0 saturated heterocycles. The summed E-state index contributed by atoms with van der Waals surface area (Å²) >= 11 is 4.43. The molecule has 0 spiro atoms. The highest BCUT2D eigenvalue weighted by molar-refractivity contribution is 9.10. The normalized spacial score (nSPS) is 12.6. The first-order valence-corrected chi connectivity index (χ1v) is 11.8. The van der Waals surface area contributed by atoms with Crippen molar-refractivity contribution in [2.24, 2.45) is 4.99 Å². The van der Waals surface area contributed by atoms with E-state index in [1.807, 2.05) is 23.7 Å². The number of benzene rings is 2. The van der Waals surface area contributed by atoms with Crippen LogP contribution >= 0.6 is 36.1 Å². The summed E-state index contributed by atoms with van der Waals surface area (Å²) in [6.45, 7) is 0. The summed E-state index contributed by atoms with van der Waals surface area (Å²) in [5, 5.41) is 17.5. The summed E-state index contributed by atoms with van der Waals surface area (Å²) in [6.07, 6.45) is 1.15. The van der Waals surface area contributed by atoms with Crippen LogP contribution in [-0.2, 0) is 0 Å². The van der Waals surface area contributed by atoms with Gasteiger partial charge in [-0.15, -0.1) is 11.8 Å². The molecule has 0 radical (unpaired) electrons. The standard InChI is InChI=1S/C18H17BrFN4O4PS/c19-14-11-12(7-8-15(14)20)21-17(22-25)16-18(24-28-23-16)30-10-4-9-29(26)27-13-5-2-1-3-6-13/h1-3,5-8,11,25-26H,4,9-10H2,(H,21,22). The van der Waals surface area contributed by atoms with Gasteiger partial charge in [-0.1, -0.05) is 18.2 Å². The minimum atomic E-state index is -1.57. The fraction of sp³-hybridized carbons (Fsp3) is 0.167. The van der Waals surface area contributed by atoms with Gasteiger partial charge >= 0.3 is 0 Å². The number of halogens is 2. The van der Waals surface area contributed by atoms with Crippen molar-refractivity contribution in [1.29, 1.82) is 0 Å². The number of para-hydroxylation sites is 1. The van der Waals surface area contributed by atoms with Crippen LogP contribution in [0.4, 0.5) is 10.1 Å². The van der Waals surface area contributed by atoms with Gasteiger partial charge in [0.2, 0.25) is 8.38 Å². The monoisotopic (exact) mass is 514 g/mol. The fourth-order valence-electron chi connectivity index (χ4n) is 2.25. The number of amidine groups is 1. The number of nitrogens with zero attached hydrogens (tertiary/aromatic N) is 3. The highest BCUT2D eigenvalue weighted by Crippen LogP contribution is 2.35. The molecule has 30 heavy (non-hydrogen) atoms. The van der Waals surface area contributed by atoms with Crippen LogP contribution in [0.1, 0.15) is 12.1 Å². The predicted octanol–water partition coefficient (Wildman–Crippen LogP) is 4.89. The lowest BCUT2D eigenvalue weighted by molar-refractivity contribution is 0.234. The Labute approximate surface area is 185 Å². The summed E-state index contributed by atoms with van der Waals surface area (Å²) < 4.78 is 23.9. The molecular formula is C18H17BrFN4O4PS. The Morgan fingerprint density at radius 3 is 2.80 bits per heavy atom. The number of aromatic nitrogens is 2. The average molecular weight is 515 g/mol. The van der Waals surface area contributed by atoms with Crippen LogP contribution < -0.4 is 10.0 Å². The molecular weight excluding hydrogens is 498 g/mol. The lowest BCUT2D eigenvalue weighted by atomic mass is 10.3. The van der Waals surface area contributed by atoms with E-state index in [1.54, 1.807) is 12.1 Å². The summed E-state index contributed by atoms with van der Waals surface area (Å²) in [5.74, 6) is 0.824. The van der Waals surface area contributed by atoms with Crippen molar-refractivity contribution in [3.05, 3.63) is 64.5 Å². The molecule has 0 saturated carbocycles. The minimum absolute atomic E-state index is 0.00841. The van der Waals surface area contributed by atoms with Gasteiger partial charge in [-0.05, 0) is 63.0 Å². The Morgan fingerprint density at radius 1 is 1.27 bits per heavy atom. The Hall–Kier alpha value is -2.04. The molecule has 3 aromatic rings. The number of rotatable bonds is 9. The van der Waals surface area contributed by atoms with Gasteiger partial charge in [0.1, 0.15) is 11.6 Å². The zero-order chi connectivity index (χ0) is 21.3. The van der Waals surface area contributed by atoms with E-state index in [9.17, 15) is 14.5 Å². The average Bonchev–Trinajstić information content (AvgIpc) is 3.21. The summed E-state index contributed by atoms with van der Waals surface area (Å²) in [6, 6.07) is 13.3. The maximum Gasteiger partial charge on any atom is 0.227 e. The first-order valence-electron chi connectivity index (χ1n) is 8.66. The topological polar surface area (TPSA) is 113 Å². The number of hydrogen-bond acceptors (Lipinski definition) is 8. The third kappa shape index (κ3) is 6.48. The van der Waals surface area contributed by atoms with Gasteiger partial charge in [0.25, 0.3) is 0 Å². The number of thioether (sulfide) groups is 1. The van der Waals surface area contributed by atoms with E-state index in [2.05, 4.69) is 31.2 Å². The van der Waals surface area contributed by atoms with Gasteiger partial charge in [0.05, 0.1) is 10.2 Å². The maximum atomic E-state index is 13.4. The molecule has 0 amide bonds. The van der Waals surface area contributed by atoms with E-state index >= 15 is 0 Å². The van der Waals surface area contributed by atoms with Crippen LogP contribution in [0.3, 0.4) is 0 Å². The molecule has 8 nitrogen and oxygen atoms in total. The van der Waals surface area contributed by atoms with Gasteiger partial charge in [0.15, 0.2) is 16.6 Å². The Balaban J connectivity index is 1.56. The second-order valence-corrected chi connectivity index (χ2v) is 9.04. The fourth-order valence-corrected chi connectivity index (χ4v) is 4.56. The molecule has 1 unspecified atom stereocenters. The van der Waals surface area contributed by atoms with Crippen LogP contribution in [-0.4, -0.2) is 38.2 Å². The minimum Gasteiger partial charge on any atom is -0.447 e. The predicted molar refractivity (Wildman–Crippen MR) is 116 cm³/mol. The summed E-state index contributed by atoms with van der Waals surface area (Å²) in [4.78, 5) is 14.3. The lowest BCUT2D eigenvalue weighted by Gasteiger charge is -2.11. The second kappa shape index (κ2) is 11.4. The lowest BCUT2D eigenvalue weighted by Crippen LogP contribution is -2.21. The van der Waals surface area contributed by atoms with E-state index in [0.717, 1.165) is 0 Å². The quantitative estimate of drug-likeness (QED) is 0.0922. The molecule has 0 aliphatic rings. The van der Waals surface area contributed by atoms with E-state index < -0.39 is 14.2 Å². The van der Waals surface area contributed by atoms with Crippen molar-refractivity contribution in [2.45, 2.75) is 11.4 Å². The number of nitrogens with one attached hydrogen (secondary N) is 1. The van der Waals surface area contributed by atoms with E-state index in [0.29, 0.717) is 34.8 Å². The Bertz CT molecular complexity index is 995. The zero-order valence-electron chi connectivity index (χ0n) is 15.4. The molecule has 12 heteroatoms. The smallest absolute Gasteiger partial charge is 0.227 e. The Kier molecular flexibility index (Phi) is 8.59. The van der Waals surface area contributed by atoms with Gasteiger partial charge in [-0.3, -0.25) is 10.7 Å². The van der Waals surface area contributed by atoms with Gasteiger partial charge < -0.3 is 9.42 Å². The molecule has 1 atom stereocenters. The molecule has 0 aliphatic heterocycles. The first kappa shape index (κ1) is 22.6. The third-order valence-corrected chi connectivity index (χ3v) is 6.38. The molecule has 1 aromatic heterocycles. The zero-order valence-corrected chi connectivity index (χ0v) is 18.7. The Morgan fingerprint density at radius 2 is 2.07 bits per heavy atom. The molecule has 0 aliphatic carbocycles. The van der Waals surface area contributed by atoms with Crippen LogP contribution in [0.15, 0.2) is 67.7 Å². The van der Waals surface area contributed by atoms with Crippen LogP contribution in [0.25, 0.3) is 0 Å². The second-order valence-electron chi connectivity index (χ2n) is 5.77. The maximum absolute atomic E-state index is 13.4. The van der Waals surface area contributed by atoms with Crippen LogP contribution in [0.5, 0.6) is 5.75 Å². The van der Waals surface area contributed by atoms with E-state index in [-0.39, 0.29) is 16.0 Å². The van der Waals surface area contributed by atoms with Crippen LogP contribution in [0.2, 0.25) is 0 Å². The van der Waals surface area contributed by atoms with E-state index in [1.165, 1.54) is 30.0 Å². The number of hydroxylamine groups is 1. The van der Waals surface area contributed by atoms with Gasteiger partial charge in [-0.25, -0.2) is 14.0 Å². The number of hydrogen-bond donors (Lipinski definition) is 3. The third-order valence-electron chi connectivity index (χ3n) is 3.62. The van der Waals surface area contributed by atoms with Crippen molar-refractivity contribution in [3.63, 3.8) is 0 Å². The van der Waals surface area contributed by atoms with E-state index in [4.69, 9.17) is 9.15 Å². The molecule has 1 heterocycles. The highest BCUT2D eigenvalue weighted by atomic mass is 79.9. The molecule has 0 bridgehead atoms. The number of aliphatic imine (C=N–C) groups is 1. The van der Waals surface area contributed by atoms with Crippen molar-refractivity contribution in [2.75, 3.05) is 11.9 Å². The molecule has 2 aromatic carbocycles. The first-order chi connectivity index (χ1) is 14.6. The van der Waals surface area contributed by atoms with Crippen molar-refractivity contribution in [1.82, 2.24) is 15.8 Å². The largest absolute Gasteiger partial charge is 0.447 e. The molecule has 0 fully saturated rings. The molecule has 158 valence electrons. The van der Waals surface area contributed by atoms with Crippen LogP contribution in [0, 0.1) is 5.82 Å². The summed E-state index contributed by atoms with van der Waals surface area (Å²) in [7, 11) is -1.57. The molecule has 3 N–H and O–H groups in total.